The van der Waals surface area contributed by atoms with Crippen LogP contribution in [0.4, 0.5) is 0 Å². The first kappa shape index (κ1) is 10.2. The normalized spacial score (nSPS) is 9.29. The van der Waals surface area contributed by atoms with Crippen molar-refractivity contribution in [2.45, 2.75) is 13.8 Å². The third kappa shape index (κ3) is 2.32. The summed E-state index contributed by atoms with van der Waals surface area (Å²) in [5.74, 6) is -0.175. The molecule has 0 aliphatic carbocycles. The second-order valence-electron chi connectivity index (χ2n) is 2.75. The van der Waals surface area contributed by atoms with Gasteiger partial charge in [0.05, 0.1) is 0 Å². The third-order valence-corrected chi connectivity index (χ3v) is 1.70. The number of aldehydes is 1. The number of hydrogen-bond acceptors (Lipinski definition) is 4. The Morgan fingerprint density at radius 3 is 2.71 bits per heavy atom. The van der Waals surface area contributed by atoms with E-state index in [1.807, 2.05) is 0 Å². The predicted octanol–water partition coefficient (Wildman–Crippen LogP) is 1.66. The van der Waals surface area contributed by atoms with Crippen LogP contribution < -0.4 is 4.89 Å². The number of benzene rings is 1. The molecule has 1 aromatic carbocycles. The standard InChI is InChI=1S/C10H10O4/c1-7-9(6-11)4-3-5-10(7)14-13-8(2)12/h3-6H,1-2H3. The lowest BCUT2D eigenvalue weighted by Crippen LogP contribution is -2.04. The molecule has 0 radical (unpaired) electrons. The summed E-state index contributed by atoms with van der Waals surface area (Å²) in [4.78, 5) is 30.1. The van der Waals surface area contributed by atoms with E-state index >= 15 is 0 Å². The first-order valence-corrected chi connectivity index (χ1v) is 4.05. The number of carbonyl (C=O) groups is 2. The molecule has 1 aromatic rings. The molecule has 0 amide bonds. The molecule has 0 saturated carbocycles. The zero-order chi connectivity index (χ0) is 10.6. The van der Waals surface area contributed by atoms with Crippen LogP contribution in [-0.2, 0) is 9.68 Å². The average Bonchev–Trinajstić information content (AvgIpc) is 2.16. The van der Waals surface area contributed by atoms with Crippen molar-refractivity contribution < 1.29 is 19.4 Å². The second kappa shape index (κ2) is 4.41. The van der Waals surface area contributed by atoms with Crippen LogP contribution in [0.5, 0.6) is 5.75 Å². The first-order valence-electron chi connectivity index (χ1n) is 4.05. The Labute approximate surface area is 81.4 Å². The summed E-state index contributed by atoms with van der Waals surface area (Å²) < 4.78 is 0. The maximum Gasteiger partial charge on any atom is 0.352 e. The Kier molecular flexibility index (Phi) is 3.23. The summed E-state index contributed by atoms with van der Waals surface area (Å²) in [7, 11) is 0. The SMILES string of the molecule is CC(=O)OOc1cccc(C=O)c1C. The van der Waals surface area contributed by atoms with Crippen LogP contribution in [-0.4, -0.2) is 12.3 Å². The maximum absolute atomic E-state index is 10.6. The highest BCUT2D eigenvalue weighted by Crippen LogP contribution is 2.20. The van der Waals surface area contributed by atoms with E-state index in [0.717, 1.165) is 6.29 Å². The molecule has 4 heteroatoms. The Balaban J connectivity index is 2.86. The molecule has 0 aliphatic heterocycles. The van der Waals surface area contributed by atoms with Crippen LogP contribution in [0.2, 0.25) is 0 Å². The van der Waals surface area contributed by atoms with Crippen molar-refractivity contribution in [1.82, 2.24) is 0 Å². The van der Waals surface area contributed by atoms with Gasteiger partial charge in [0.25, 0.3) is 0 Å². The third-order valence-electron chi connectivity index (χ3n) is 1.70. The van der Waals surface area contributed by atoms with Gasteiger partial charge in [-0.05, 0) is 13.0 Å². The lowest BCUT2D eigenvalue weighted by atomic mass is 10.1. The summed E-state index contributed by atoms with van der Waals surface area (Å²) in [6.07, 6.45) is 0.718. The van der Waals surface area contributed by atoms with Crippen molar-refractivity contribution in [3.63, 3.8) is 0 Å². The molecule has 14 heavy (non-hydrogen) atoms. The topological polar surface area (TPSA) is 52.6 Å². The summed E-state index contributed by atoms with van der Waals surface area (Å²) in [5.41, 5.74) is 1.15. The highest BCUT2D eigenvalue weighted by molar-refractivity contribution is 5.78. The molecule has 1 rings (SSSR count). The molecule has 0 heterocycles. The average molecular weight is 194 g/mol. The van der Waals surface area contributed by atoms with E-state index in [9.17, 15) is 9.59 Å². The van der Waals surface area contributed by atoms with Gasteiger partial charge in [-0.3, -0.25) is 14.6 Å². The van der Waals surface area contributed by atoms with E-state index in [2.05, 4.69) is 4.89 Å². The van der Waals surface area contributed by atoms with Gasteiger partial charge < -0.3 is 0 Å². The van der Waals surface area contributed by atoms with E-state index in [4.69, 9.17) is 4.89 Å². The fraction of sp³-hybridized carbons (Fsp3) is 0.200. The molecule has 4 nitrogen and oxygen atoms in total. The van der Waals surface area contributed by atoms with Crippen LogP contribution >= 0.6 is 0 Å². The molecule has 0 bridgehead atoms. The zero-order valence-corrected chi connectivity index (χ0v) is 7.94. The molecule has 0 aliphatic rings. The van der Waals surface area contributed by atoms with Crippen molar-refractivity contribution in [2.24, 2.45) is 0 Å². The van der Waals surface area contributed by atoms with Gasteiger partial charge in [-0.1, -0.05) is 12.1 Å². The molecule has 74 valence electrons. The smallest absolute Gasteiger partial charge is 0.298 e. The van der Waals surface area contributed by atoms with Gasteiger partial charge in [0.1, 0.15) is 6.29 Å². The quantitative estimate of drug-likeness (QED) is 0.417. The van der Waals surface area contributed by atoms with Crippen molar-refractivity contribution in [3.8, 4) is 5.75 Å². The lowest BCUT2D eigenvalue weighted by Gasteiger charge is -2.06. The highest BCUT2D eigenvalue weighted by Gasteiger charge is 2.06. The molecule has 0 saturated heterocycles. The first-order chi connectivity index (χ1) is 6.65. The van der Waals surface area contributed by atoms with Crippen molar-refractivity contribution in [2.75, 3.05) is 0 Å². The minimum atomic E-state index is -0.541. The monoisotopic (exact) mass is 194 g/mol. The van der Waals surface area contributed by atoms with Crippen LogP contribution in [0.15, 0.2) is 18.2 Å². The minimum absolute atomic E-state index is 0.366. The summed E-state index contributed by atoms with van der Waals surface area (Å²) in [5, 5.41) is 0. The van der Waals surface area contributed by atoms with E-state index in [1.165, 1.54) is 6.92 Å². The number of hydrogen-bond donors (Lipinski definition) is 0. The van der Waals surface area contributed by atoms with Crippen molar-refractivity contribution in [1.29, 1.82) is 0 Å². The maximum atomic E-state index is 10.6. The number of carbonyl (C=O) groups excluding carboxylic acids is 2. The molecule has 0 unspecified atom stereocenters. The van der Waals surface area contributed by atoms with Crippen LogP contribution in [0.25, 0.3) is 0 Å². The van der Waals surface area contributed by atoms with Gasteiger partial charge >= 0.3 is 5.97 Å². The Bertz CT molecular complexity index is 357. The Morgan fingerprint density at radius 1 is 1.43 bits per heavy atom. The fourth-order valence-corrected chi connectivity index (χ4v) is 0.953. The fourth-order valence-electron chi connectivity index (χ4n) is 0.953. The van der Waals surface area contributed by atoms with E-state index in [0.29, 0.717) is 16.9 Å². The molecule has 0 aromatic heterocycles. The Morgan fingerprint density at radius 2 is 2.14 bits per heavy atom. The van der Waals surface area contributed by atoms with Crippen LogP contribution in [0.1, 0.15) is 22.8 Å². The van der Waals surface area contributed by atoms with Gasteiger partial charge in [0.15, 0.2) is 5.75 Å². The van der Waals surface area contributed by atoms with Gasteiger partial charge in [-0.25, -0.2) is 4.79 Å². The van der Waals surface area contributed by atoms with Gasteiger partial charge in [-0.15, -0.1) is 0 Å². The van der Waals surface area contributed by atoms with Crippen molar-refractivity contribution >= 4 is 12.3 Å². The summed E-state index contributed by atoms with van der Waals surface area (Å²) in [6.45, 7) is 2.95. The molecular weight excluding hydrogens is 184 g/mol. The lowest BCUT2D eigenvalue weighted by molar-refractivity contribution is -0.211. The highest BCUT2D eigenvalue weighted by atomic mass is 17.2. The molecule has 0 atom stereocenters. The zero-order valence-electron chi connectivity index (χ0n) is 7.94. The van der Waals surface area contributed by atoms with E-state index in [1.54, 1.807) is 25.1 Å². The van der Waals surface area contributed by atoms with Gasteiger partial charge in [0.2, 0.25) is 0 Å². The molecule has 0 N–H and O–H groups in total. The molecule has 0 fully saturated rings. The van der Waals surface area contributed by atoms with Crippen LogP contribution in [0.3, 0.4) is 0 Å². The summed E-state index contributed by atoms with van der Waals surface area (Å²) in [6, 6.07) is 4.92. The molecule has 0 spiro atoms. The number of rotatable bonds is 3. The van der Waals surface area contributed by atoms with Gasteiger partial charge in [-0.2, -0.15) is 0 Å². The van der Waals surface area contributed by atoms with E-state index < -0.39 is 5.97 Å². The summed E-state index contributed by atoms with van der Waals surface area (Å²) >= 11 is 0. The largest absolute Gasteiger partial charge is 0.352 e. The second-order valence-corrected chi connectivity index (χ2v) is 2.75. The molecular formula is C10H10O4. The van der Waals surface area contributed by atoms with Crippen LogP contribution in [0, 0.1) is 6.92 Å². The minimum Gasteiger partial charge on any atom is -0.298 e. The Hall–Kier alpha value is -1.84. The predicted molar refractivity (Wildman–Crippen MR) is 49.0 cm³/mol. The van der Waals surface area contributed by atoms with Crippen molar-refractivity contribution in [3.05, 3.63) is 29.3 Å². The van der Waals surface area contributed by atoms with Gasteiger partial charge in [0, 0.05) is 18.1 Å². The van der Waals surface area contributed by atoms with E-state index in [-0.39, 0.29) is 0 Å².